The smallest absolute Gasteiger partial charge is 0.295 e. The molecule has 0 saturated heterocycles. The Balaban J connectivity index is 1.77. The monoisotopic (exact) mass is 292 g/mol. The van der Waals surface area contributed by atoms with Gasteiger partial charge in [-0.2, -0.15) is 0 Å². The fourth-order valence-electron chi connectivity index (χ4n) is 2.13. The molecule has 0 fully saturated rings. The van der Waals surface area contributed by atoms with E-state index in [0.29, 0.717) is 0 Å². The number of benzene rings is 2. The summed E-state index contributed by atoms with van der Waals surface area (Å²) < 4.78 is 1.58. The van der Waals surface area contributed by atoms with Gasteiger partial charge in [0.1, 0.15) is 6.33 Å². The summed E-state index contributed by atoms with van der Waals surface area (Å²) in [5.74, 6) is -0.173. The van der Waals surface area contributed by atoms with E-state index in [9.17, 15) is 4.79 Å². The molecule has 0 radical (unpaired) electrons. The van der Waals surface area contributed by atoms with Crippen molar-refractivity contribution in [2.75, 3.05) is 5.32 Å². The Labute approximate surface area is 128 Å². The summed E-state index contributed by atoms with van der Waals surface area (Å²) in [4.78, 5) is 16.3. The van der Waals surface area contributed by atoms with Gasteiger partial charge in [-0.25, -0.2) is 9.67 Å². The Kier molecular flexibility index (Phi) is 3.96. The number of hydrogen-bond acceptors (Lipinski definition) is 3. The second-order valence-electron chi connectivity index (χ2n) is 4.86. The van der Waals surface area contributed by atoms with Crippen LogP contribution in [0.4, 0.5) is 5.69 Å². The zero-order valence-electron chi connectivity index (χ0n) is 12.2. The van der Waals surface area contributed by atoms with Crippen molar-refractivity contribution < 1.29 is 4.79 Å². The third kappa shape index (κ3) is 3.03. The largest absolute Gasteiger partial charge is 0.319 e. The van der Waals surface area contributed by atoms with E-state index in [1.54, 1.807) is 4.68 Å². The number of aromatic nitrogens is 3. The number of carbonyl (C=O) groups is 1. The van der Waals surface area contributed by atoms with E-state index in [4.69, 9.17) is 0 Å². The van der Waals surface area contributed by atoms with E-state index >= 15 is 0 Å². The SMILES string of the molecule is CCc1cccc(NC(=O)c2ncn(-c3ccccc3)n2)c1. The fourth-order valence-corrected chi connectivity index (χ4v) is 2.13. The van der Waals surface area contributed by atoms with E-state index in [0.717, 1.165) is 17.8 Å². The van der Waals surface area contributed by atoms with Crippen molar-refractivity contribution in [3.63, 3.8) is 0 Å². The van der Waals surface area contributed by atoms with Crippen molar-refractivity contribution in [2.45, 2.75) is 13.3 Å². The van der Waals surface area contributed by atoms with Gasteiger partial charge in [0.05, 0.1) is 5.69 Å². The summed E-state index contributed by atoms with van der Waals surface area (Å²) in [6.45, 7) is 2.07. The zero-order chi connectivity index (χ0) is 15.4. The van der Waals surface area contributed by atoms with Crippen LogP contribution in [0.2, 0.25) is 0 Å². The molecule has 0 aliphatic carbocycles. The second-order valence-corrected chi connectivity index (χ2v) is 4.86. The van der Waals surface area contributed by atoms with Crippen LogP contribution in [0.1, 0.15) is 23.1 Å². The van der Waals surface area contributed by atoms with E-state index < -0.39 is 0 Å². The summed E-state index contributed by atoms with van der Waals surface area (Å²) in [5, 5.41) is 7.03. The van der Waals surface area contributed by atoms with Gasteiger partial charge < -0.3 is 5.32 Å². The van der Waals surface area contributed by atoms with Crippen LogP contribution >= 0.6 is 0 Å². The van der Waals surface area contributed by atoms with Crippen molar-refractivity contribution in [2.24, 2.45) is 0 Å². The van der Waals surface area contributed by atoms with Gasteiger partial charge >= 0.3 is 0 Å². The molecule has 5 nitrogen and oxygen atoms in total. The Bertz CT molecular complexity index is 780. The number of nitrogens with one attached hydrogen (secondary N) is 1. The van der Waals surface area contributed by atoms with Crippen molar-refractivity contribution in [1.29, 1.82) is 0 Å². The molecule has 2 aromatic carbocycles. The summed E-state index contributed by atoms with van der Waals surface area (Å²) >= 11 is 0. The van der Waals surface area contributed by atoms with Gasteiger partial charge in [-0.3, -0.25) is 4.79 Å². The minimum atomic E-state index is -0.317. The second kappa shape index (κ2) is 6.22. The Morgan fingerprint density at radius 2 is 1.95 bits per heavy atom. The minimum Gasteiger partial charge on any atom is -0.319 e. The highest BCUT2D eigenvalue weighted by Gasteiger charge is 2.12. The van der Waals surface area contributed by atoms with Gasteiger partial charge in [0.15, 0.2) is 0 Å². The van der Waals surface area contributed by atoms with E-state index in [1.165, 1.54) is 11.9 Å². The molecule has 5 heteroatoms. The predicted molar refractivity (Wildman–Crippen MR) is 85.1 cm³/mol. The standard InChI is InChI=1S/C17H16N4O/c1-2-13-7-6-8-14(11-13)19-17(22)16-18-12-21(20-16)15-9-4-3-5-10-15/h3-12H,2H2,1H3,(H,19,22). The van der Waals surface area contributed by atoms with Crippen molar-refractivity contribution in [1.82, 2.24) is 14.8 Å². The highest BCUT2D eigenvalue weighted by Crippen LogP contribution is 2.12. The molecule has 1 aromatic heterocycles. The Morgan fingerprint density at radius 3 is 2.73 bits per heavy atom. The maximum Gasteiger partial charge on any atom is 0.295 e. The molecular weight excluding hydrogens is 276 g/mol. The van der Waals surface area contributed by atoms with Crippen LogP contribution in [-0.2, 0) is 6.42 Å². The lowest BCUT2D eigenvalue weighted by molar-refractivity contribution is 0.101. The molecule has 0 atom stereocenters. The third-order valence-corrected chi connectivity index (χ3v) is 3.31. The summed E-state index contributed by atoms with van der Waals surface area (Å²) in [6.07, 6.45) is 2.46. The van der Waals surface area contributed by atoms with Crippen LogP contribution in [0.3, 0.4) is 0 Å². The number of hydrogen-bond donors (Lipinski definition) is 1. The van der Waals surface area contributed by atoms with E-state index in [1.807, 2.05) is 54.6 Å². The molecule has 0 spiro atoms. The number of amides is 1. The molecule has 110 valence electrons. The quantitative estimate of drug-likeness (QED) is 0.804. The van der Waals surface area contributed by atoms with Crippen LogP contribution in [-0.4, -0.2) is 20.7 Å². The number of rotatable bonds is 4. The zero-order valence-corrected chi connectivity index (χ0v) is 12.2. The third-order valence-electron chi connectivity index (χ3n) is 3.31. The number of carbonyl (C=O) groups excluding carboxylic acids is 1. The highest BCUT2D eigenvalue weighted by atomic mass is 16.2. The van der Waals surface area contributed by atoms with Crippen LogP contribution in [0.25, 0.3) is 5.69 Å². The molecule has 0 aliphatic rings. The number of nitrogens with zero attached hydrogens (tertiary/aromatic N) is 3. The topological polar surface area (TPSA) is 59.8 Å². The normalized spacial score (nSPS) is 10.4. The molecule has 0 saturated carbocycles. The van der Waals surface area contributed by atoms with Crippen LogP contribution in [0.15, 0.2) is 60.9 Å². The lowest BCUT2D eigenvalue weighted by Crippen LogP contribution is -2.14. The first-order valence-electron chi connectivity index (χ1n) is 7.13. The summed E-state index contributed by atoms with van der Waals surface area (Å²) in [5.41, 5.74) is 2.78. The highest BCUT2D eigenvalue weighted by molar-refractivity contribution is 6.01. The van der Waals surface area contributed by atoms with Crippen molar-refractivity contribution in [3.05, 3.63) is 72.3 Å². The molecule has 22 heavy (non-hydrogen) atoms. The molecule has 0 aliphatic heterocycles. The van der Waals surface area contributed by atoms with Gasteiger partial charge in [0, 0.05) is 5.69 Å². The fraction of sp³-hybridized carbons (Fsp3) is 0.118. The van der Waals surface area contributed by atoms with Crippen molar-refractivity contribution in [3.8, 4) is 5.69 Å². The molecule has 0 unspecified atom stereocenters. The van der Waals surface area contributed by atoms with Crippen LogP contribution in [0.5, 0.6) is 0 Å². The summed E-state index contributed by atoms with van der Waals surface area (Å²) in [6, 6.07) is 17.3. The van der Waals surface area contributed by atoms with Gasteiger partial charge in [-0.15, -0.1) is 5.10 Å². The molecule has 1 amide bonds. The number of anilines is 1. The lowest BCUT2D eigenvalue weighted by atomic mass is 10.1. The molecule has 0 bridgehead atoms. The molecular formula is C17H16N4O. The molecule has 1 N–H and O–H groups in total. The molecule has 1 heterocycles. The first-order valence-corrected chi connectivity index (χ1v) is 7.13. The predicted octanol–water partition coefficient (Wildman–Crippen LogP) is 3.08. The first kappa shape index (κ1) is 14.0. The number of para-hydroxylation sites is 1. The van der Waals surface area contributed by atoms with Gasteiger partial charge in [-0.05, 0) is 36.2 Å². The number of aryl methyl sites for hydroxylation is 1. The molecule has 3 aromatic rings. The van der Waals surface area contributed by atoms with Gasteiger partial charge in [-0.1, -0.05) is 37.3 Å². The Hall–Kier alpha value is -2.95. The average Bonchev–Trinajstić information content (AvgIpc) is 3.06. The maximum absolute atomic E-state index is 12.2. The van der Waals surface area contributed by atoms with E-state index in [-0.39, 0.29) is 11.7 Å². The lowest BCUT2D eigenvalue weighted by Gasteiger charge is -2.04. The van der Waals surface area contributed by atoms with E-state index in [2.05, 4.69) is 22.3 Å². The summed E-state index contributed by atoms with van der Waals surface area (Å²) in [7, 11) is 0. The average molecular weight is 292 g/mol. The van der Waals surface area contributed by atoms with Gasteiger partial charge in [0.2, 0.25) is 5.82 Å². The van der Waals surface area contributed by atoms with Crippen molar-refractivity contribution >= 4 is 11.6 Å². The van der Waals surface area contributed by atoms with Crippen LogP contribution in [0, 0.1) is 0 Å². The first-order chi connectivity index (χ1) is 10.8. The Morgan fingerprint density at radius 1 is 1.14 bits per heavy atom. The van der Waals surface area contributed by atoms with Gasteiger partial charge in [0.25, 0.3) is 5.91 Å². The van der Waals surface area contributed by atoms with Crippen LogP contribution < -0.4 is 5.32 Å². The minimum absolute atomic E-state index is 0.144. The molecule has 3 rings (SSSR count). The maximum atomic E-state index is 12.2.